The number of amides is 2. The van der Waals surface area contributed by atoms with E-state index in [4.69, 9.17) is 4.74 Å². The summed E-state index contributed by atoms with van der Waals surface area (Å²) >= 11 is 0. The summed E-state index contributed by atoms with van der Waals surface area (Å²) in [5.74, 6) is 0.974. The normalized spacial score (nSPS) is 18.3. The van der Waals surface area contributed by atoms with E-state index in [2.05, 4.69) is 10.6 Å². The lowest BCUT2D eigenvalue weighted by Crippen LogP contribution is -2.41. The van der Waals surface area contributed by atoms with Crippen LogP contribution < -0.4 is 20.3 Å². The smallest absolute Gasteiger partial charge is 0.265 e. The number of carbonyl (C=O) groups excluding carboxylic acids is 2. The fourth-order valence-electron chi connectivity index (χ4n) is 3.08. The Labute approximate surface area is 136 Å². The molecule has 0 unspecified atom stereocenters. The molecular formula is C17H23N3O3. The molecule has 0 atom stereocenters. The molecule has 6 heteroatoms. The molecule has 0 spiro atoms. The van der Waals surface area contributed by atoms with Gasteiger partial charge in [-0.25, -0.2) is 0 Å². The van der Waals surface area contributed by atoms with E-state index in [1.807, 2.05) is 24.3 Å². The van der Waals surface area contributed by atoms with Gasteiger partial charge in [-0.3, -0.25) is 9.59 Å². The third-order valence-corrected chi connectivity index (χ3v) is 4.38. The lowest BCUT2D eigenvalue weighted by molar-refractivity contribution is -0.125. The second kappa shape index (κ2) is 7.46. The minimum Gasteiger partial charge on any atom is -0.482 e. The van der Waals surface area contributed by atoms with Crippen molar-refractivity contribution < 1.29 is 14.3 Å². The molecule has 23 heavy (non-hydrogen) atoms. The van der Waals surface area contributed by atoms with Gasteiger partial charge in [-0.2, -0.15) is 0 Å². The molecule has 1 aromatic carbocycles. The highest BCUT2D eigenvalue weighted by molar-refractivity contribution is 5.97. The quantitative estimate of drug-likeness (QED) is 0.792. The standard InChI is InChI=1S/C17H23N3O3/c21-16-12-23-15-5-2-1-4-14(15)20(16)11-3-8-19-17(22)13-6-9-18-10-7-13/h1-2,4-5,13,18H,3,6-12H2,(H,19,22). The van der Waals surface area contributed by atoms with Gasteiger partial charge >= 0.3 is 0 Å². The van der Waals surface area contributed by atoms with Crippen LogP contribution in [-0.2, 0) is 9.59 Å². The predicted molar refractivity (Wildman–Crippen MR) is 87.5 cm³/mol. The number of hydrogen-bond donors (Lipinski definition) is 2. The van der Waals surface area contributed by atoms with Crippen molar-refractivity contribution in [3.05, 3.63) is 24.3 Å². The largest absolute Gasteiger partial charge is 0.482 e. The Hall–Kier alpha value is -2.08. The lowest BCUT2D eigenvalue weighted by atomic mass is 9.97. The summed E-state index contributed by atoms with van der Waals surface area (Å²) in [6.07, 6.45) is 2.54. The first-order chi connectivity index (χ1) is 11.3. The SMILES string of the molecule is O=C(NCCCN1C(=O)COc2ccccc21)C1CCNCC1. The molecule has 2 aliphatic heterocycles. The van der Waals surface area contributed by atoms with Crippen LogP contribution in [0.5, 0.6) is 5.75 Å². The second-order valence-electron chi connectivity index (χ2n) is 5.97. The molecule has 0 bridgehead atoms. The van der Waals surface area contributed by atoms with Crippen molar-refractivity contribution in [1.29, 1.82) is 0 Å². The summed E-state index contributed by atoms with van der Waals surface area (Å²) in [5, 5.41) is 6.25. The van der Waals surface area contributed by atoms with Crippen molar-refractivity contribution in [2.45, 2.75) is 19.3 Å². The van der Waals surface area contributed by atoms with E-state index < -0.39 is 0 Å². The van der Waals surface area contributed by atoms with Crippen LogP contribution >= 0.6 is 0 Å². The molecule has 1 saturated heterocycles. The molecule has 0 aliphatic carbocycles. The van der Waals surface area contributed by atoms with E-state index in [0.717, 1.165) is 43.8 Å². The van der Waals surface area contributed by atoms with Gasteiger partial charge < -0.3 is 20.3 Å². The molecule has 1 aromatic rings. The minimum absolute atomic E-state index is 0.0339. The summed E-state index contributed by atoms with van der Waals surface area (Å²) in [5.41, 5.74) is 0.813. The van der Waals surface area contributed by atoms with E-state index in [0.29, 0.717) is 13.1 Å². The van der Waals surface area contributed by atoms with Gasteiger partial charge in [0.1, 0.15) is 5.75 Å². The fraction of sp³-hybridized carbons (Fsp3) is 0.529. The zero-order valence-corrected chi connectivity index (χ0v) is 13.2. The van der Waals surface area contributed by atoms with Gasteiger partial charge in [0.2, 0.25) is 5.91 Å². The molecule has 2 heterocycles. The maximum absolute atomic E-state index is 12.1. The number of nitrogens with one attached hydrogen (secondary N) is 2. The molecule has 2 N–H and O–H groups in total. The highest BCUT2D eigenvalue weighted by atomic mass is 16.5. The fourth-order valence-corrected chi connectivity index (χ4v) is 3.08. The molecule has 0 radical (unpaired) electrons. The van der Waals surface area contributed by atoms with Gasteiger partial charge in [0.05, 0.1) is 5.69 Å². The minimum atomic E-state index is -0.0339. The van der Waals surface area contributed by atoms with Crippen LogP contribution in [0.15, 0.2) is 24.3 Å². The Bertz CT molecular complexity index is 570. The lowest BCUT2D eigenvalue weighted by Gasteiger charge is -2.29. The molecule has 0 aromatic heterocycles. The molecular weight excluding hydrogens is 294 g/mol. The number of carbonyl (C=O) groups is 2. The number of anilines is 1. The molecule has 2 amide bonds. The van der Waals surface area contributed by atoms with Crippen LogP contribution in [0.1, 0.15) is 19.3 Å². The summed E-state index contributed by atoms with van der Waals surface area (Å²) in [4.78, 5) is 25.9. The van der Waals surface area contributed by atoms with Crippen molar-refractivity contribution >= 4 is 17.5 Å². The Morgan fingerprint density at radius 2 is 2.09 bits per heavy atom. The van der Waals surface area contributed by atoms with Gasteiger partial charge in [-0.05, 0) is 44.5 Å². The van der Waals surface area contributed by atoms with Gasteiger partial charge in [-0.1, -0.05) is 12.1 Å². The monoisotopic (exact) mass is 317 g/mol. The second-order valence-corrected chi connectivity index (χ2v) is 5.97. The van der Waals surface area contributed by atoms with Crippen LogP contribution in [0.4, 0.5) is 5.69 Å². The van der Waals surface area contributed by atoms with Crippen LogP contribution in [0, 0.1) is 5.92 Å². The van der Waals surface area contributed by atoms with Crippen molar-refractivity contribution in [2.24, 2.45) is 5.92 Å². The predicted octanol–water partition coefficient (Wildman–Crippen LogP) is 0.918. The molecule has 2 aliphatic rings. The first kappa shape index (κ1) is 15.8. The van der Waals surface area contributed by atoms with Gasteiger partial charge in [-0.15, -0.1) is 0 Å². The van der Waals surface area contributed by atoms with Crippen LogP contribution in [0.25, 0.3) is 0 Å². The average molecular weight is 317 g/mol. The first-order valence-electron chi connectivity index (χ1n) is 8.26. The number of para-hydroxylation sites is 2. The number of benzene rings is 1. The number of fused-ring (bicyclic) bond motifs is 1. The van der Waals surface area contributed by atoms with Crippen molar-refractivity contribution in [3.8, 4) is 5.75 Å². The Morgan fingerprint density at radius 3 is 2.91 bits per heavy atom. The third kappa shape index (κ3) is 3.82. The van der Waals surface area contributed by atoms with E-state index in [1.54, 1.807) is 4.90 Å². The first-order valence-corrected chi connectivity index (χ1v) is 8.26. The number of hydrogen-bond acceptors (Lipinski definition) is 4. The Morgan fingerprint density at radius 1 is 1.30 bits per heavy atom. The van der Waals surface area contributed by atoms with Crippen molar-refractivity contribution in [3.63, 3.8) is 0 Å². The zero-order valence-electron chi connectivity index (χ0n) is 13.2. The van der Waals surface area contributed by atoms with Crippen LogP contribution in [0.3, 0.4) is 0 Å². The zero-order chi connectivity index (χ0) is 16.1. The summed E-state index contributed by atoms with van der Waals surface area (Å²) in [7, 11) is 0. The molecule has 6 nitrogen and oxygen atoms in total. The van der Waals surface area contributed by atoms with Gasteiger partial charge in [0.25, 0.3) is 5.91 Å². The highest BCUT2D eigenvalue weighted by Crippen LogP contribution is 2.31. The number of nitrogens with zero attached hydrogens (tertiary/aromatic N) is 1. The maximum Gasteiger partial charge on any atom is 0.265 e. The highest BCUT2D eigenvalue weighted by Gasteiger charge is 2.25. The van der Waals surface area contributed by atoms with E-state index in [9.17, 15) is 9.59 Å². The third-order valence-electron chi connectivity index (χ3n) is 4.38. The van der Waals surface area contributed by atoms with Gasteiger partial charge in [0.15, 0.2) is 6.61 Å². The van der Waals surface area contributed by atoms with Crippen molar-refractivity contribution in [1.82, 2.24) is 10.6 Å². The molecule has 124 valence electrons. The topological polar surface area (TPSA) is 70.7 Å². The van der Waals surface area contributed by atoms with Crippen LogP contribution in [0.2, 0.25) is 0 Å². The number of ether oxygens (including phenoxy) is 1. The number of rotatable bonds is 5. The summed E-state index contributed by atoms with van der Waals surface area (Å²) < 4.78 is 5.42. The molecule has 1 fully saturated rings. The van der Waals surface area contributed by atoms with Gasteiger partial charge in [0, 0.05) is 19.0 Å². The van der Waals surface area contributed by atoms with E-state index in [1.165, 1.54) is 0 Å². The van der Waals surface area contributed by atoms with Crippen LogP contribution in [-0.4, -0.2) is 44.6 Å². The summed E-state index contributed by atoms with van der Waals surface area (Å²) in [6.45, 7) is 3.09. The molecule has 3 rings (SSSR count). The number of piperidine rings is 1. The van der Waals surface area contributed by atoms with E-state index >= 15 is 0 Å². The molecule has 0 saturated carbocycles. The van der Waals surface area contributed by atoms with E-state index in [-0.39, 0.29) is 24.3 Å². The Balaban J connectivity index is 1.47. The average Bonchev–Trinajstić information content (AvgIpc) is 2.60. The Kier molecular flexibility index (Phi) is 5.12. The summed E-state index contributed by atoms with van der Waals surface area (Å²) in [6, 6.07) is 7.55. The maximum atomic E-state index is 12.1. The van der Waals surface area contributed by atoms with Crippen molar-refractivity contribution in [2.75, 3.05) is 37.7 Å².